The molecule has 1 rings (SSSR count). The highest BCUT2D eigenvalue weighted by atomic mass is 16.6. The minimum atomic E-state index is -0.761. The molecule has 0 aromatic carbocycles. The van der Waals surface area contributed by atoms with Crippen molar-refractivity contribution in [1.82, 2.24) is 10.6 Å². The zero-order valence-electron chi connectivity index (χ0n) is 12.4. The summed E-state index contributed by atoms with van der Waals surface area (Å²) in [7, 11) is 0. The number of rotatable bonds is 5. The van der Waals surface area contributed by atoms with Crippen molar-refractivity contribution in [3.63, 3.8) is 0 Å². The van der Waals surface area contributed by atoms with Gasteiger partial charge in [-0.15, -0.1) is 0 Å². The van der Waals surface area contributed by atoms with Gasteiger partial charge in [-0.05, 0) is 40.0 Å². The summed E-state index contributed by atoms with van der Waals surface area (Å²) in [5.74, 6) is 0. The van der Waals surface area contributed by atoms with Gasteiger partial charge >= 0.3 is 12.2 Å². The second-order valence-corrected chi connectivity index (χ2v) is 5.97. The molecule has 0 aliphatic heterocycles. The quantitative estimate of drug-likeness (QED) is 0.657. The van der Waals surface area contributed by atoms with Crippen molar-refractivity contribution in [1.29, 1.82) is 0 Å². The van der Waals surface area contributed by atoms with Crippen LogP contribution in [0.3, 0.4) is 0 Å². The van der Waals surface area contributed by atoms with Crippen LogP contribution in [-0.4, -0.2) is 43.0 Å². The second-order valence-electron chi connectivity index (χ2n) is 5.97. The fraction of sp³-hybridized carbons (Fsp3) is 0.846. The lowest BCUT2D eigenvalue weighted by Gasteiger charge is -2.21. The van der Waals surface area contributed by atoms with Crippen LogP contribution in [0.5, 0.6) is 0 Å². The molecule has 0 heterocycles. The summed E-state index contributed by atoms with van der Waals surface area (Å²) in [6.45, 7) is 6.34. The summed E-state index contributed by atoms with van der Waals surface area (Å²) in [5, 5.41) is 6.13. The number of ether oxygens (including phenoxy) is 2. The first-order valence-electron chi connectivity index (χ1n) is 6.91. The van der Waals surface area contributed by atoms with Crippen molar-refractivity contribution >= 4 is 12.2 Å². The van der Waals surface area contributed by atoms with Crippen LogP contribution in [0.2, 0.25) is 0 Å². The lowest BCUT2D eigenvalue weighted by molar-refractivity contribution is 0.0505. The fourth-order valence-corrected chi connectivity index (χ4v) is 2.19. The van der Waals surface area contributed by atoms with E-state index >= 15 is 0 Å². The SMILES string of the molecule is CC(C)(C)OC(=O)NC1CCC(NCCOC(N)=O)C1. The predicted octanol–water partition coefficient (Wildman–Crippen LogP) is 1.12. The van der Waals surface area contributed by atoms with Crippen LogP contribution in [0, 0.1) is 0 Å². The van der Waals surface area contributed by atoms with Gasteiger partial charge in [-0.3, -0.25) is 0 Å². The summed E-state index contributed by atoms with van der Waals surface area (Å²) >= 11 is 0. The standard InChI is InChI=1S/C13H25N3O4/c1-13(2,3)20-12(18)16-10-5-4-9(8-10)15-6-7-19-11(14)17/h9-10,15H,4-8H2,1-3H3,(H2,14,17)(H,16,18). The summed E-state index contributed by atoms with van der Waals surface area (Å²) < 4.78 is 9.85. The van der Waals surface area contributed by atoms with Gasteiger partial charge in [0, 0.05) is 18.6 Å². The number of hydrogen-bond acceptors (Lipinski definition) is 5. The number of nitrogens with two attached hydrogens (primary N) is 1. The monoisotopic (exact) mass is 287 g/mol. The molecule has 1 saturated carbocycles. The molecule has 4 N–H and O–H groups in total. The maximum Gasteiger partial charge on any atom is 0.407 e. The van der Waals surface area contributed by atoms with Crippen molar-refractivity contribution in [3.05, 3.63) is 0 Å². The van der Waals surface area contributed by atoms with E-state index in [4.69, 9.17) is 10.5 Å². The average Bonchev–Trinajstić information content (AvgIpc) is 2.69. The molecule has 2 unspecified atom stereocenters. The van der Waals surface area contributed by atoms with Crippen LogP contribution in [0.1, 0.15) is 40.0 Å². The minimum absolute atomic E-state index is 0.124. The van der Waals surface area contributed by atoms with Crippen molar-refractivity contribution in [2.24, 2.45) is 5.73 Å². The molecule has 116 valence electrons. The van der Waals surface area contributed by atoms with Crippen LogP contribution >= 0.6 is 0 Å². The molecule has 1 fully saturated rings. The Balaban J connectivity index is 2.16. The number of alkyl carbamates (subject to hydrolysis) is 1. The third-order valence-electron chi connectivity index (χ3n) is 2.93. The number of hydrogen-bond donors (Lipinski definition) is 3. The molecular formula is C13H25N3O4. The van der Waals surface area contributed by atoms with Gasteiger partial charge < -0.3 is 25.8 Å². The first-order valence-corrected chi connectivity index (χ1v) is 6.91. The molecule has 0 aromatic heterocycles. The zero-order chi connectivity index (χ0) is 15.2. The van der Waals surface area contributed by atoms with Crippen molar-refractivity contribution in [2.75, 3.05) is 13.2 Å². The fourth-order valence-electron chi connectivity index (χ4n) is 2.19. The number of primary amides is 1. The lowest BCUT2D eigenvalue weighted by Crippen LogP contribution is -2.39. The summed E-state index contributed by atoms with van der Waals surface area (Å²) in [4.78, 5) is 22.0. The maximum absolute atomic E-state index is 11.6. The maximum atomic E-state index is 11.6. The van der Waals surface area contributed by atoms with Crippen molar-refractivity contribution < 1.29 is 19.1 Å². The Morgan fingerprint density at radius 1 is 1.25 bits per heavy atom. The van der Waals surface area contributed by atoms with E-state index in [0.717, 1.165) is 19.3 Å². The molecule has 0 aromatic rings. The molecule has 0 radical (unpaired) electrons. The van der Waals surface area contributed by atoms with Gasteiger partial charge in [0.15, 0.2) is 0 Å². The van der Waals surface area contributed by atoms with Crippen LogP contribution in [0.15, 0.2) is 0 Å². The van der Waals surface area contributed by atoms with Crippen LogP contribution in [0.4, 0.5) is 9.59 Å². The van der Waals surface area contributed by atoms with Crippen LogP contribution < -0.4 is 16.4 Å². The topological polar surface area (TPSA) is 103 Å². The van der Waals surface area contributed by atoms with Crippen molar-refractivity contribution in [2.45, 2.75) is 57.7 Å². The Morgan fingerprint density at radius 3 is 2.50 bits per heavy atom. The Labute approximate surface area is 119 Å². The van der Waals surface area contributed by atoms with E-state index < -0.39 is 11.7 Å². The first-order chi connectivity index (χ1) is 9.26. The van der Waals surface area contributed by atoms with Gasteiger partial charge in [0.25, 0.3) is 0 Å². The largest absolute Gasteiger partial charge is 0.448 e. The highest BCUT2D eigenvalue weighted by Crippen LogP contribution is 2.19. The molecule has 0 bridgehead atoms. The van der Waals surface area contributed by atoms with E-state index in [1.54, 1.807) is 0 Å². The summed E-state index contributed by atoms with van der Waals surface area (Å²) in [5.41, 5.74) is 4.38. The first kappa shape index (κ1) is 16.6. The Kier molecular flexibility index (Phi) is 6.06. The van der Waals surface area contributed by atoms with E-state index in [-0.39, 0.29) is 18.7 Å². The molecule has 2 amide bonds. The highest BCUT2D eigenvalue weighted by molar-refractivity contribution is 5.68. The molecule has 7 nitrogen and oxygen atoms in total. The third kappa shape index (κ3) is 7.18. The minimum Gasteiger partial charge on any atom is -0.448 e. The average molecular weight is 287 g/mol. The highest BCUT2D eigenvalue weighted by Gasteiger charge is 2.27. The molecule has 2 atom stereocenters. The molecule has 0 saturated heterocycles. The molecule has 20 heavy (non-hydrogen) atoms. The smallest absolute Gasteiger partial charge is 0.407 e. The molecular weight excluding hydrogens is 262 g/mol. The van der Waals surface area contributed by atoms with Crippen LogP contribution in [-0.2, 0) is 9.47 Å². The van der Waals surface area contributed by atoms with E-state index in [9.17, 15) is 9.59 Å². The van der Waals surface area contributed by atoms with Crippen LogP contribution in [0.25, 0.3) is 0 Å². The number of amides is 2. The third-order valence-corrected chi connectivity index (χ3v) is 2.93. The van der Waals surface area contributed by atoms with Gasteiger partial charge in [0.05, 0.1) is 0 Å². The summed E-state index contributed by atoms with van der Waals surface area (Å²) in [6.07, 6.45) is 1.59. The molecule has 0 spiro atoms. The predicted molar refractivity (Wildman–Crippen MR) is 74.3 cm³/mol. The van der Waals surface area contributed by atoms with E-state index in [1.165, 1.54) is 0 Å². The molecule has 1 aliphatic rings. The Hall–Kier alpha value is -1.50. The van der Waals surface area contributed by atoms with E-state index in [0.29, 0.717) is 12.6 Å². The van der Waals surface area contributed by atoms with Gasteiger partial charge in [0.2, 0.25) is 0 Å². The van der Waals surface area contributed by atoms with Gasteiger partial charge in [-0.1, -0.05) is 0 Å². The normalized spacial score (nSPS) is 22.4. The Bertz CT molecular complexity index is 341. The number of carbonyl (C=O) groups is 2. The number of nitrogens with one attached hydrogen (secondary N) is 2. The van der Waals surface area contributed by atoms with Crippen molar-refractivity contribution in [3.8, 4) is 0 Å². The lowest BCUT2D eigenvalue weighted by atomic mass is 10.2. The van der Waals surface area contributed by atoms with E-state index in [2.05, 4.69) is 15.4 Å². The molecule has 7 heteroatoms. The summed E-state index contributed by atoms with van der Waals surface area (Å²) in [6, 6.07) is 0.436. The van der Waals surface area contributed by atoms with E-state index in [1.807, 2.05) is 20.8 Å². The Morgan fingerprint density at radius 2 is 1.90 bits per heavy atom. The van der Waals surface area contributed by atoms with Gasteiger partial charge in [0.1, 0.15) is 12.2 Å². The second kappa shape index (κ2) is 7.33. The van der Waals surface area contributed by atoms with Gasteiger partial charge in [-0.2, -0.15) is 0 Å². The number of carbonyl (C=O) groups excluding carboxylic acids is 2. The van der Waals surface area contributed by atoms with Gasteiger partial charge in [-0.25, -0.2) is 9.59 Å². The zero-order valence-corrected chi connectivity index (χ0v) is 12.4. The molecule has 1 aliphatic carbocycles.